The van der Waals surface area contributed by atoms with Gasteiger partial charge in [0.2, 0.25) is 5.44 Å². The second kappa shape index (κ2) is 6.19. The van der Waals surface area contributed by atoms with E-state index in [4.69, 9.17) is 9.47 Å². The molecular formula is C14H15BrO5S. The van der Waals surface area contributed by atoms with Crippen molar-refractivity contribution in [1.82, 2.24) is 0 Å². The van der Waals surface area contributed by atoms with Crippen molar-refractivity contribution in [3.05, 3.63) is 47.2 Å². The summed E-state index contributed by atoms with van der Waals surface area (Å²) in [6, 6.07) is 8.94. The van der Waals surface area contributed by atoms with Gasteiger partial charge >= 0.3 is 5.97 Å². The molecule has 0 saturated heterocycles. The molecule has 114 valence electrons. The predicted molar refractivity (Wildman–Crippen MR) is 81.5 cm³/mol. The van der Waals surface area contributed by atoms with Crippen molar-refractivity contribution in [3.8, 4) is 0 Å². The van der Waals surface area contributed by atoms with E-state index < -0.39 is 27.2 Å². The molecule has 2 rings (SSSR count). The number of allylic oxidation sites excluding steroid dienone is 1. The van der Waals surface area contributed by atoms with Crippen molar-refractivity contribution in [1.29, 1.82) is 0 Å². The van der Waals surface area contributed by atoms with E-state index in [2.05, 4.69) is 15.9 Å². The normalized spacial score (nSPS) is 22.0. The molecule has 0 aromatic heterocycles. The van der Waals surface area contributed by atoms with Crippen LogP contribution in [-0.4, -0.2) is 31.6 Å². The van der Waals surface area contributed by atoms with Gasteiger partial charge < -0.3 is 9.47 Å². The first-order chi connectivity index (χ1) is 9.92. The highest BCUT2D eigenvalue weighted by Gasteiger charge is 2.46. The second-order valence-corrected chi connectivity index (χ2v) is 7.99. The summed E-state index contributed by atoms with van der Waals surface area (Å²) in [4.78, 5) is 12.0. The average molecular weight is 375 g/mol. The number of halogens is 1. The Kier molecular flexibility index (Phi) is 4.73. The highest BCUT2D eigenvalue weighted by Crippen LogP contribution is 2.42. The number of benzene rings is 1. The Morgan fingerprint density at radius 3 is 2.48 bits per heavy atom. The fraction of sp³-hybridized carbons (Fsp3) is 0.357. The number of methoxy groups -OCH3 is 1. The number of rotatable bonds is 4. The molecule has 1 aliphatic rings. The van der Waals surface area contributed by atoms with E-state index in [1.807, 2.05) is 6.07 Å². The zero-order valence-electron chi connectivity index (χ0n) is 11.6. The van der Waals surface area contributed by atoms with E-state index in [9.17, 15) is 13.2 Å². The zero-order valence-corrected chi connectivity index (χ0v) is 14.0. The summed E-state index contributed by atoms with van der Waals surface area (Å²) in [6.07, 6.45) is 0. The van der Waals surface area contributed by atoms with E-state index in [0.29, 0.717) is 5.56 Å². The van der Waals surface area contributed by atoms with Gasteiger partial charge in [-0.2, -0.15) is 0 Å². The minimum atomic E-state index is -3.56. The summed E-state index contributed by atoms with van der Waals surface area (Å²) in [5.41, 5.74) is -0.184. The predicted octanol–water partition coefficient (Wildman–Crippen LogP) is 2.34. The largest absolute Gasteiger partial charge is 0.478 e. The maximum absolute atomic E-state index is 12.2. The smallest absolute Gasteiger partial charge is 0.337 e. The number of ether oxygens (including phenoxy) is 2. The molecule has 0 amide bonds. The van der Waals surface area contributed by atoms with Crippen LogP contribution in [-0.2, 0) is 24.1 Å². The second-order valence-electron chi connectivity index (χ2n) is 4.61. The fourth-order valence-corrected chi connectivity index (χ4v) is 4.27. The van der Waals surface area contributed by atoms with Gasteiger partial charge in [-0.05, 0) is 12.5 Å². The van der Waals surface area contributed by atoms with Crippen LogP contribution in [0.15, 0.2) is 41.7 Å². The van der Waals surface area contributed by atoms with Crippen molar-refractivity contribution in [2.75, 3.05) is 11.8 Å². The summed E-state index contributed by atoms with van der Waals surface area (Å²) < 4.78 is 34.5. The first kappa shape index (κ1) is 16.0. The van der Waals surface area contributed by atoms with Crippen LogP contribution < -0.4 is 0 Å². The SMILES string of the molecule is COC(=O)C1=C(C)O[C@@H](S(=O)(=O)CBr)[C@@H]1c1ccccc1. The van der Waals surface area contributed by atoms with Gasteiger partial charge in [-0.25, -0.2) is 13.2 Å². The summed E-state index contributed by atoms with van der Waals surface area (Å²) in [5.74, 6) is -0.986. The van der Waals surface area contributed by atoms with Crippen LogP contribution in [0, 0.1) is 0 Å². The molecule has 1 aromatic carbocycles. The summed E-state index contributed by atoms with van der Waals surface area (Å²) in [7, 11) is -2.30. The van der Waals surface area contributed by atoms with Gasteiger partial charge in [-0.15, -0.1) is 0 Å². The van der Waals surface area contributed by atoms with Crippen molar-refractivity contribution in [3.63, 3.8) is 0 Å². The van der Waals surface area contributed by atoms with Crippen LogP contribution in [0.1, 0.15) is 18.4 Å². The minimum absolute atomic E-state index is 0.240. The molecule has 21 heavy (non-hydrogen) atoms. The van der Waals surface area contributed by atoms with Crippen LogP contribution >= 0.6 is 15.9 Å². The van der Waals surface area contributed by atoms with E-state index in [1.54, 1.807) is 31.2 Å². The van der Waals surface area contributed by atoms with Crippen molar-refractivity contribution in [2.24, 2.45) is 0 Å². The van der Waals surface area contributed by atoms with Crippen molar-refractivity contribution >= 4 is 31.7 Å². The van der Waals surface area contributed by atoms with E-state index >= 15 is 0 Å². The molecule has 0 spiro atoms. The maximum Gasteiger partial charge on any atom is 0.337 e. The molecule has 1 aromatic rings. The van der Waals surface area contributed by atoms with Crippen LogP contribution in [0.5, 0.6) is 0 Å². The van der Waals surface area contributed by atoms with E-state index in [-0.39, 0.29) is 16.0 Å². The summed E-state index contributed by atoms with van der Waals surface area (Å²) in [6.45, 7) is 1.58. The molecule has 1 aliphatic heterocycles. The van der Waals surface area contributed by atoms with Crippen molar-refractivity contribution in [2.45, 2.75) is 18.3 Å². The number of hydrogen-bond donors (Lipinski definition) is 0. The van der Waals surface area contributed by atoms with Gasteiger partial charge in [0.1, 0.15) is 10.4 Å². The van der Waals surface area contributed by atoms with Gasteiger partial charge in [-0.1, -0.05) is 46.3 Å². The molecule has 5 nitrogen and oxygen atoms in total. The molecule has 0 saturated carbocycles. The van der Waals surface area contributed by atoms with E-state index in [0.717, 1.165) is 0 Å². The van der Waals surface area contributed by atoms with Gasteiger partial charge in [0.25, 0.3) is 0 Å². The lowest BCUT2D eigenvalue weighted by Gasteiger charge is -2.20. The maximum atomic E-state index is 12.2. The average Bonchev–Trinajstić information content (AvgIpc) is 2.85. The molecule has 0 fully saturated rings. The highest BCUT2D eigenvalue weighted by atomic mass is 79.9. The zero-order chi connectivity index (χ0) is 15.6. The first-order valence-corrected chi connectivity index (χ1v) is 9.04. The van der Waals surface area contributed by atoms with Crippen LogP contribution in [0.4, 0.5) is 0 Å². The lowest BCUT2D eigenvalue weighted by molar-refractivity contribution is -0.136. The van der Waals surface area contributed by atoms with Gasteiger partial charge in [-0.3, -0.25) is 0 Å². The number of sulfone groups is 1. The summed E-state index contributed by atoms with van der Waals surface area (Å²) >= 11 is 2.97. The number of carbonyl (C=O) groups excluding carboxylic acids is 1. The third kappa shape index (κ3) is 2.98. The van der Waals surface area contributed by atoms with Crippen molar-refractivity contribution < 1.29 is 22.7 Å². The Balaban J connectivity index is 2.56. The third-order valence-electron chi connectivity index (χ3n) is 3.33. The Morgan fingerprint density at radius 2 is 1.95 bits per heavy atom. The molecule has 2 atom stereocenters. The van der Waals surface area contributed by atoms with Gasteiger partial charge in [0, 0.05) is 0 Å². The van der Waals surface area contributed by atoms with Gasteiger partial charge in [0.05, 0.1) is 18.6 Å². The Labute approximate surface area is 132 Å². The topological polar surface area (TPSA) is 69.7 Å². The number of hydrogen-bond acceptors (Lipinski definition) is 5. The molecule has 7 heteroatoms. The first-order valence-electron chi connectivity index (χ1n) is 6.20. The molecule has 1 heterocycles. The number of esters is 1. The lowest BCUT2D eigenvalue weighted by Crippen LogP contribution is -2.29. The highest BCUT2D eigenvalue weighted by molar-refractivity contribution is 9.10. The molecule has 0 bridgehead atoms. The molecule has 0 aliphatic carbocycles. The quantitative estimate of drug-likeness (QED) is 0.597. The molecule has 0 radical (unpaired) electrons. The monoisotopic (exact) mass is 374 g/mol. The Hall–Kier alpha value is -1.34. The fourth-order valence-electron chi connectivity index (χ4n) is 2.37. The van der Waals surface area contributed by atoms with Crippen LogP contribution in [0.3, 0.4) is 0 Å². The number of alkyl halides is 1. The molecule has 0 unspecified atom stereocenters. The van der Waals surface area contributed by atoms with Gasteiger partial charge in [0.15, 0.2) is 9.84 Å². The minimum Gasteiger partial charge on any atom is -0.478 e. The third-order valence-corrected chi connectivity index (χ3v) is 6.62. The Morgan fingerprint density at radius 1 is 1.33 bits per heavy atom. The lowest BCUT2D eigenvalue weighted by atomic mass is 9.92. The molecular weight excluding hydrogens is 360 g/mol. The van der Waals surface area contributed by atoms with E-state index in [1.165, 1.54) is 7.11 Å². The van der Waals surface area contributed by atoms with Crippen LogP contribution in [0.25, 0.3) is 0 Å². The Bertz CT molecular complexity index is 666. The summed E-state index contributed by atoms with van der Waals surface area (Å²) in [5, 5.41) is 0. The standard InChI is InChI=1S/C14H15BrO5S/c1-9-11(13(16)19-2)12(10-6-4-3-5-7-10)14(20-9)21(17,18)8-15/h3-7,12,14H,8H2,1-2H3/t12-,14+/m1/s1. The molecule has 0 N–H and O–H groups in total. The number of carbonyl (C=O) groups is 1. The van der Waals surface area contributed by atoms with Crippen LogP contribution in [0.2, 0.25) is 0 Å².